The van der Waals surface area contributed by atoms with Crippen LogP contribution in [-0.2, 0) is 4.74 Å². The first-order valence-corrected chi connectivity index (χ1v) is 6.41. The molecule has 5 heteroatoms. The monoisotopic (exact) mass is 264 g/mol. The van der Waals surface area contributed by atoms with Gasteiger partial charge in [-0.2, -0.15) is 0 Å². The zero-order valence-corrected chi connectivity index (χ0v) is 11.8. The van der Waals surface area contributed by atoms with E-state index in [1.807, 2.05) is 13.0 Å². The van der Waals surface area contributed by atoms with Gasteiger partial charge in [0, 0.05) is 24.6 Å². The summed E-state index contributed by atoms with van der Waals surface area (Å²) in [7, 11) is 1.71. The molecule has 0 amide bonds. The number of nitrogens with zero attached hydrogens (tertiary/aromatic N) is 1. The Morgan fingerprint density at radius 1 is 1.47 bits per heavy atom. The highest BCUT2D eigenvalue weighted by Crippen LogP contribution is 2.45. The quantitative estimate of drug-likeness (QED) is 0.670. The largest absolute Gasteiger partial charge is 0.381 e. The number of nitro benzene ring substituents is 1. The predicted molar refractivity (Wildman–Crippen MR) is 74.4 cm³/mol. The van der Waals surface area contributed by atoms with Crippen molar-refractivity contribution in [2.45, 2.75) is 39.3 Å². The van der Waals surface area contributed by atoms with E-state index in [0.29, 0.717) is 5.69 Å². The normalized spacial score (nSPS) is 24.6. The van der Waals surface area contributed by atoms with Gasteiger partial charge in [0.25, 0.3) is 5.69 Å². The minimum atomic E-state index is -0.338. The van der Waals surface area contributed by atoms with E-state index in [1.165, 1.54) is 6.07 Å². The Morgan fingerprint density at radius 3 is 2.68 bits per heavy atom. The maximum Gasteiger partial charge on any atom is 0.292 e. The third kappa shape index (κ3) is 2.30. The molecule has 1 N–H and O–H groups in total. The molecule has 104 valence electrons. The van der Waals surface area contributed by atoms with Crippen LogP contribution < -0.4 is 5.32 Å². The number of benzene rings is 1. The van der Waals surface area contributed by atoms with Crippen molar-refractivity contribution in [3.8, 4) is 0 Å². The first-order chi connectivity index (χ1) is 8.87. The van der Waals surface area contributed by atoms with E-state index >= 15 is 0 Å². The molecule has 0 bridgehead atoms. The molecule has 0 radical (unpaired) electrons. The highest BCUT2D eigenvalue weighted by molar-refractivity contribution is 5.66. The summed E-state index contributed by atoms with van der Waals surface area (Å²) in [6.45, 7) is 6.12. The van der Waals surface area contributed by atoms with Crippen LogP contribution in [-0.4, -0.2) is 24.2 Å². The van der Waals surface area contributed by atoms with E-state index in [-0.39, 0.29) is 28.2 Å². The fraction of sp³-hybridized carbons (Fsp3) is 0.571. The number of hydrogen-bond donors (Lipinski definition) is 1. The Labute approximate surface area is 113 Å². The fourth-order valence-corrected chi connectivity index (χ4v) is 2.70. The third-order valence-electron chi connectivity index (χ3n) is 4.23. The second-order valence-corrected chi connectivity index (χ2v) is 5.70. The summed E-state index contributed by atoms with van der Waals surface area (Å²) < 4.78 is 5.40. The Balaban J connectivity index is 2.24. The Morgan fingerprint density at radius 2 is 2.16 bits per heavy atom. The minimum Gasteiger partial charge on any atom is -0.381 e. The Kier molecular flexibility index (Phi) is 3.49. The van der Waals surface area contributed by atoms with Gasteiger partial charge < -0.3 is 10.1 Å². The number of rotatable bonds is 4. The number of nitro groups is 1. The van der Waals surface area contributed by atoms with Crippen LogP contribution in [0.15, 0.2) is 18.2 Å². The topological polar surface area (TPSA) is 64.4 Å². The predicted octanol–water partition coefficient (Wildman–Crippen LogP) is 3.13. The number of anilines is 1. The molecule has 0 heterocycles. The van der Waals surface area contributed by atoms with E-state index in [1.54, 1.807) is 13.2 Å². The van der Waals surface area contributed by atoms with E-state index in [9.17, 15) is 10.1 Å². The lowest BCUT2D eigenvalue weighted by Gasteiger charge is -2.51. The van der Waals surface area contributed by atoms with Crippen molar-refractivity contribution < 1.29 is 9.66 Å². The average molecular weight is 264 g/mol. The number of nitrogens with one attached hydrogen (secondary N) is 1. The lowest BCUT2D eigenvalue weighted by atomic mass is 9.64. The maximum atomic E-state index is 11.1. The molecule has 2 atom stereocenters. The summed E-state index contributed by atoms with van der Waals surface area (Å²) >= 11 is 0. The first kappa shape index (κ1) is 13.8. The molecule has 0 spiro atoms. The van der Waals surface area contributed by atoms with Crippen LogP contribution in [0.2, 0.25) is 0 Å². The summed E-state index contributed by atoms with van der Waals surface area (Å²) in [5, 5.41) is 14.4. The number of para-hydroxylation sites is 1. The van der Waals surface area contributed by atoms with Crippen LogP contribution in [0.1, 0.15) is 25.8 Å². The van der Waals surface area contributed by atoms with Crippen LogP contribution in [0.25, 0.3) is 0 Å². The van der Waals surface area contributed by atoms with Crippen molar-refractivity contribution in [1.82, 2.24) is 0 Å². The van der Waals surface area contributed by atoms with Crippen LogP contribution >= 0.6 is 0 Å². The van der Waals surface area contributed by atoms with Crippen molar-refractivity contribution >= 4 is 11.4 Å². The summed E-state index contributed by atoms with van der Waals surface area (Å²) in [6, 6.07) is 5.32. The number of aryl methyl sites for hydroxylation is 1. The summed E-state index contributed by atoms with van der Waals surface area (Å²) in [4.78, 5) is 10.7. The molecule has 1 aliphatic carbocycles. The molecule has 19 heavy (non-hydrogen) atoms. The van der Waals surface area contributed by atoms with Gasteiger partial charge in [0.05, 0.1) is 11.0 Å². The molecule has 2 rings (SSSR count). The molecule has 5 nitrogen and oxygen atoms in total. The third-order valence-corrected chi connectivity index (χ3v) is 4.23. The van der Waals surface area contributed by atoms with Gasteiger partial charge in [-0.15, -0.1) is 0 Å². The Bertz CT molecular complexity index is 499. The fourth-order valence-electron chi connectivity index (χ4n) is 2.70. The van der Waals surface area contributed by atoms with Crippen molar-refractivity contribution in [2.75, 3.05) is 12.4 Å². The van der Waals surface area contributed by atoms with Crippen LogP contribution in [0.3, 0.4) is 0 Å². The zero-order valence-electron chi connectivity index (χ0n) is 11.8. The van der Waals surface area contributed by atoms with Gasteiger partial charge >= 0.3 is 0 Å². The molecule has 2 unspecified atom stereocenters. The van der Waals surface area contributed by atoms with Gasteiger partial charge in [-0.05, 0) is 18.9 Å². The van der Waals surface area contributed by atoms with Crippen molar-refractivity contribution in [3.05, 3.63) is 33.9 Å². The molecule has 1 aliphatic rings. The van der Waals surface area contributed by atoms with Crippen LogP contribution in [0.4, 0.5) is 11.4 Å². The smallest absolute Gasteiger partial charge is 0.292 e. The van der Waals surface area contributed by atoms with E-state index in [0.717, 1.165) is 12.0 Å². The number of methoxy groups -OCH3 is 1. The molecule has 1 aromatic rings. The van der Waals surface area contributed by atoms with Crippen LogP contribution in [0.5, 0.6) is 0 Å². The van der Waals surface area contributed by atoms with E-state index in [2.05, 4.69) is 19.2 Å². The summed E-state index contributed by atoms with van der Waals surface area (Å²) in [6.07, 6.45) is 1.07. The zero-order chi connectivity index (χ0) is 14.2. The van der Waals surface area contributed by atoms with Gasteiger partial charge in [0.1, 0.15) is 5.69 Å². The van der Waals surface area contributed by atoms with Gasteiger partial charge in [-0.1, -0.05) is 26.0 Å². The highest BCUT2D eigenvalue weighted by Gasteiger charge is 2.49. The van der Waals surface area contributed by atoms with E-state index in [4.69, 9.17) is 4.74 Å². The molecule has 1 fully saturated rings. The number of hydrogen-bond acceptors (Lipinski definition) is 4. The lowest BCUT2D eigenvalue weighted by molar-refractivity contribution is -0.384. The SMILES string of the molecule is COC1CC(Nc2c(C)cccc2[N+](=O)[O-])C1(C)C. The molecule has 0 saturated heterocycles. The number of ether oxygens (including phenoxy) is 1. The Hall–Kier alpha value is -1.62. The second-order valence-electron chi connectivity index (χ2n) is 5.70. The summed E-state index contributed by atoms with van der Waals surface area (Å²) in [5.41, 5.74) is 1.63. The van der Waals surface area contributed by atoms with Gasteiger partial charge in [0.15, 0.2) is 0 Å². The van der Waals surface area contributed by atoms with Crippen molar-refractivity contribution in [2.24, 2.45) is 5.41 Å². The lowest BCUT2D eigenvalue weighted by Crippen LogP contribution is -2.57. The van der Waals surface area contributed by atoms with Gasteiger partial charge in [-0.25, -0.2) is 0 Å². The maximum absolute atomic E-state index is 11.1. The second kappa shape index (κ2) is 4.81. The van der Waals surface area contributed by atoms with Gasteiger partial charge in [0.2, 0.25) is 0 Å². The minimum absolute atomic E-state index is 0.0229. The highest BCUT2D eigenvalue weighted by atomic mass is 16.6. The molecular formula is C14H20N2O3. The molecular weight excluding hydrogens is 244 g/mol. The van der Waals surface area contributed by atoms with Gasteiger partial charge in [-0.3, -0.25) is 10.1 Å². The standard InChI is InChI=1S/C14H20N2O3/c1-9-6-5-7-10(16(17)18)13(9)15-11-8-12(19-4)14(11,2)3/h5-7,11-12,15H,8H2,1-4H3. The van der Waals surface area contributed by atoms with Crippen molar-refractivity contribution in [1.29, 1.82) is 0 Å². The average Bonchev–Trinajstić information content (AvgIpc) is 2.34. The van der Waals surface area contributed by atoms with E-state index < -0.39 is 0 Å². The molecule has 0 aliphatic heterocycles. The molecule has 1 aromatic carbocycles. The molecule has 1 saturated carbocycles. The molecule has 0 aromatic heterocycles. The van der Waals surface area contributed by atoms with Crippen molar-refractivity contribution in [3.63, 3.8) is 0 Å². The first-order valence-electron chi connectivity index (χ1n) is 6.41. The van der Waals surface area contributed by atoms with Crippen LogP contribution in [0, 0.1) is 22.5 Å². The summed E-state index contributed by atoms with van der Waals surface area (Å²) in [5.74, 6) is 0.